The molecule has 0 saturated heterocycles. The Balaban J connectivity index is 2.19. The molecule has 3 aromatic rings. The number of hydrogen-bond donors (Lipinski definition) is 0. The number of pyridine rings is 1. The van der Waals surface area contributed by atoms with Gasteiger partial charge in [0.1, 0.15) is 16.9 Å². The number of hydrogen-bond acceptors (Lipinski definition) is 4. The minimum atomic E-state index is -4.14. The van der Waals surface area contributed by atoms with Crippen molar-refractivity contribution in [2.75, 3.05) is 18.5 Å². The standard InChI is InChI=1S/C21H19ClF2N2O2S/c1-3-26(2)16-7-11-20(25-13-16)21(18-12-15(23)6-10-19(18)24)29(27,28)17-8-4-14(22)5-9-17/h4-13,21H,3H2,1-2H3. The van der Waals surface area contributed by atoms with Crippen LogP contribution in [0.25, 0.3) is 0 Å². The maximum Gasteiger partial charge on any atom is 0.191 e. The molecule has 0 N–H and O–H groups in total. The molecule has 152 valence electrons. The van der Waals surface area contributed by atoms with E-state index < -0.39 is 26.7 Å². The minimum absolute atomic E-state index is 0.0629. The molecule has 0 spiro atoms. The third-order valence-electron chi connectivity index (χ3n) is 4.65. The van der Waals surface area contributed by atoms with Crippen LogP contribution in [-0.2, 0) is 9.84 Å². The second kappa shape index (κ2) is 8.47. The van der Waals surface area contributed by atoms with Gasteiger partial charge in [-0.25, -0.2) is 17.2 Å². The van der Waals surface area contributed by atoms with Crippen molar-refractivity contribution in [2.24, 2.45) is 0 Å². The van der Waals surface area contributed by atoms with E-state index in [1.54, 1.807) is 6.07 Å². The molecule has 0 aliphatic rings. The molecule has 0 bridgehead atoms. The van der Waals surface area contributed by atoms with Crippen molar-refractivity contribution in [1.29, 1.82) is 0 Å². The summed E-state index contributed by atoms with van der Waals surface area (Å²) in [7, 11) is -2.28. The van der Waals surface area contributed by atoms with Crippen molar-refractivity contribution in [1.82, 2.24) is 4.98 Å². The number of rotatable bonds is 6. The van der Waals surface area contributed by atoms with E-state index in [0.717, 1.165) is 30.4 Å². The molecule has 1 aromatic heterocycles. The normalized spacial score (nSPS) is 12.6. The molecule has 0 amide bonds. The molecule has 3 rings (SSSR count). The molecule has 29 heavy (non-hydrogen) atoms. The summed E-state index contributed by atoms with van der Waals surface area (Å²) in [5.74, 6) is -1.56. The first-order chi connectivity index (χ1) is 13.7. The minimum Gasteiger partial charge on any atom is -0.374 e. The van der Waals surface area contributed by atoms with Crippen LogP contribution in [0.3, 0.4) is 0 Å². The third kappa shape index (κ3) is 4.41. The zero-order valence-electron chi connectivity index (χ0n) is 15.8. The van der Waals surface area contributed by atoms with E-state index in [2.05, 4.69) is 4.98 Å². The molecule has 0 aliphatic heterocycles. The van der Waals surface area contributed by atoms with Crippen molar-refractivity contribution in [3.8, 4) is 0 Å². The van der Waals surface area contributed by atoms with Crippen LogP contribution in [0.5, 0.6) is 0 Å². The van der Waals surface area contributed by atoms with Crippen LogP contribution in [0.1, 0.15) is 23.4 Å². The smallest absolute Gasteiger partial charge is 0.191 e. The van der Waals surface area contributed by atoms with Crippen molar-refractivity contribution in [3.05, 3.63) is 88.7 Å². The lowest BCUT2D eigenvalue weighted by molar-refractivity contribution is 0.568. The average molecular weight is 437 g/mol. The van der Waals surface area contributed by atoms with Gasteiger partial charge in [0.25, 0.3) is 0 Å². The Morgan fingerprint density at radius 3 is 2.34 bits per heavy atom. The number of sulfone groups is 1. The summed E-state index contributed by atoms with van der Waals surface area (Å²) in [6.45, 7) is 2.69. The largest absolute Gasteiger partial charge is 0.374 e. The van der Waals surface area contributed by atoms with Gasteiger partial charge in [-0.3, -0.25) is 4.98 Å². The number of nitrogens with zero attached hydrogens (tertiary/aromatic N) is 2. The van der Waals surface area contributed by atoms with E-state index >= 15 is 0 Å². The van der Waals surface area contributed by atoms with Gasteiger partial charge in [0, 0.05) is 24.2 Å². The van der Waals surface area contributed by atoms with Gasteiger partial charge in [-0.05, 0) is 61.5 Å². The monoisotopic (exact) mass is 436 g/mol. The fourth-order valence-electron chi connectivity index (χ4n) is 2.92. The van der Waals surface area contributed by atoms with E-state index in [-0.39, 0.29) is 16.2 Å². The number of anilines is 1. The maximum atomic E-state index is 14.6. The molecule has 0 saturated carbocycles. The fourth-order valence-corrected chi connectivity index (χ4v) is 4.81. The third-order valence-corrected chi connectivity index (χ3v) is 6.94. The van der Waals surface area contributed by atoms with E-state index in [0.29, 0.717) is 5.02 Å². The van der Waals surface area contributed by atoms with Crippen LogP contribution in [0, 0.1) is 11.6 Å². The zero-order chi connectivity index (χ0) is 21.2. The summed E-state index contributed by atoms with van der Waals surface area (Å²) in [6, 6.07) is 11.5. The lowest BCUT2D eigenvalue weighted by atomic mass is 10.1. The van der Waals surface area contributed by atoms with Gasteiger partial charge in [-0.1, -0.05) is 11.6 Å². The first-order valence-corrected chi connectivity index (χ1v) is 10.8. The Hall–Kier alpha value is -2.51. The van der Waals surface area contributed by atoms with E-state index in [1.165, 1.54) is 36.5 Å². The first kappa shape index (κ1) is 21.2. The molecule has 1 unspecified atom stereocenters. The molecule has 4 nitrogen and oxygen atoms in total. The average Bonchev–Trinajstić information content (AvgIpc) is 2.71. The van der Waals surface area contributed by atoms with Gasteiger partial charge in [0.05, 0.1) is 22.5 Å². The molecule has 1 heterocycles. The summed E-state index contributed by atoms with van der Waals surface area (Å²) < 4.78 is 55.3. The maximum absolute atomic E-state index is 14.6. The first-order valence-electron chi connectivity index (χ1n) is 8.85. The Bertz CT molecular complexity index is 1100. The van der Waals surface area contributed by atoms with Gasteiger partial charge in [0.2, 0.25) is 0 Å². The Labute approximate surface area is 173 Å². The second-order valence-corrected chi connectivity index (χ2v) is 8.97. The van der Waals surface area contributed by atoms with Crippen LogP contribution < -0.4 is 4.90 Å². The van der Waals surface area contributed by atoms with Gasteiger partial charge in [-0.15, -0.1) is 0 Å². The van der Waals surface area contributed by atoms with Crippen LogP contribution >= 0.6 is 11.6 Å². The highest BCUT2D eigenvalue weighted by atomic mass is 35.5. The molecule has 1 atom stereocenters. The van der Waals surface area contributed by atoms with Crippen LogP contribution in [0.2, 0.25) is 5.02 Å². The number of aromatic nitrogens is 1. The summed E-state index contributed by atoms with van der Waals surface area (Å²) in [6.07, 6.45) is 1.51. The summed E-state index contributed by atoms with van der Waals surface area (Å²) in [5.41, 5.74) is 0.570. The Kier molecular flexibility index (Phi) is 6.19. The van der Waals surface area contributed by atoms with Gasteiger partial charge >= 0.3 is 0 Å². The van der Waals surface area contributed by atoms with Crippen LogP contribution in [0.4, 0.5) is 14.5 Å². The predicted octanol–water partition coefficient (Wildman–Crippen LogP) is 5.03. The topological polar surface area (TPSA) is 50.3 Å². The molecule has 8 heteroatoms. The highest BCUT2D eigenvalue weighted by molar-refractivity contribution is 7.91. The molecule has 0 aliphatic carbocycles. The highest BCUT2D eigenvalue weighted by Crippen LogP contribution is 2.36. The van der Waals surface area contributed by atoms with E-state index in [1.807, 2.05) is 18.9 Å². The Morgan fingerprint density at radius 2 is 1.76 bits per heavy atom. The number of benzene rings is 2. The highest BCUT2D eigenvalue weighted by Gasteiger charge is 2.34. The van der Waals surface area contributed by atoms with Crippen LogP contribution in [-0.4, -0.2) is 27.0 Å². The zero-order valence-corrected chi connectivity index (χ0v) is 17.4. The summed E-state index contributed by atoms with van der Waals surface area (Å²) in [5, 5.41) is -1.15. The van der Waals surface area contributed by atoms with Crippen molar-refractivity contribution in [2.45, 2.75) is 17.1 Å². The Morgan fingerprint density at radius 1 is 1.07 bits per heavy atom. The van der Waals surface area contributed by atoms with Gasteiger partial charge in [-0.2, -0.15) is 0 Å². The van der Waals surface area contributed by atoms with Crippen molar-refractivity contribution >= 4 is 27.1 Å². The lowest BCUT2D eigenvalue weighted by Gasteiger charge is -2.21. The molecule has 2 aromatic carbocycles. The fraction of sp³-hybridized carbons (Fsp3) is 0.190. The van der Waals surface area contributed by atoms with Crippen molar-refractivity contribution < 1.29 is 17.2 Å². The van der Waals surface area contributed by atoms with E-state index in [4.69, 9.17) is 11.6 Å². The summed E-state index contributed by atoms with van der Waals surface area (Å²) in [4.78, 5) is 6.12. The summed E-state index contributed by atoms with van der Waals surface area (Å²) >= 11 is 5.86. The van der Waals surface area contributed by atoms with Crippen molar-refractivity contribution in [3.63, 3.8) is 0 Å². The molecule has 0 radical (unpaired) electrons. The lowest BCUT2D eigenvalue weighted by Crippen LogP contribution is -2.19. The van der Waals surface area contributed by atoms with E-state index in [9.17, 15) is 17.2 Å². The van der Waals surface area contributed by atoms with Gasteiger partial charge in [0.15, 0.2) is 9.84 Å². The number of halogens is 3. The molecule has 0 fully saturated rings. The SMILES string of the molecule is CCN(C)c1ccc(C(c2cc(F)ccc2F)S(=O)(=O)c2ccc(Cl)cc2)nc1. The molecular formula is C21H19ClF2N2O2S. The molecular weight excluding hydrogens is 418 g/mol. The second-order valence-electron chi connectivity index (χ2n) is 6.50. The van der Waals surface area contributed by atoms with Crippen LogP contribution in [0.15, 0.2) is 65.7 Å². The quantitative estimate of drug-likeness (QED) is 0.543. The predicted molar refractivity (Wildman–Crippen MR) is 110 cm³/mol. The van der Waals surface area contributed by atoms with Gasteiger partial charge < -0.3 is 4.90 Å².